The number of thioether (sulfide) groups is 1. The van der Waals surface area contributed by atoms with E-state index in [9.17, 15) is 4.79 Å². The molecule has 5 rings (SSSR count). The minimum atomic E-state index is -0.0730. The molecule has 1 saturated heterocycles. The van der Waals surface area contributed by atoms with Gasteiger partial charge in [0.2, 0.25) is 11.9 Å². The standard InChI is InChI=1S/C25H27N5O2S/c1-18-10-12-29(13-11-18)24-27-28-25(30(24)16-22-7-4-14-32-22)33-17-23(31)26-21-9-8-19-5-2-3-6-20(19)15-21/h2-9,14-15,18H,10-13,16-17H2,1H3,(H,26,31). The number of hydrogen-bond donors (Lipinski definition) is 1. The molecule has 33 heavy (non-hydrogen) atoms. The maximum Gasteiger partial charge on any atom is 0.234 e. The topological polar surface area (TPSA) is 76.2 Å². The second-order valence-electron chi connectivity index (χ2n) is 8.52. The van der Waals surface area contributed by atoms with Crippen molar-refractivity contribution in [1.29, 1.82) is 0 Å². The normalized spacial score (nSPS) is 14.6. The molecule has 1 amide bonds. The Bertz CT molecular complexity index is 1230. The lowest BCUT2D eigenvalue weighted by atomic mass is 10.00. The Kier molecular flexibility index (Phi) is 6.35. The van der Waals surface area contributed by atoms with E-state index in [1.54, 1.807) is 6.26 Å². The van der Waals surface area contributed by atoms with Gasteiger partial charge in [0.15, 0.2) is 5.16 Å². The van der Waals surface area contributed by atoms with Crippen LogP contribution in [0.25, 0.3) is 10.8 Å². The van der Waals surface area contributed by atoms with Crippen molar-refractivity contribution in [2.24, 2.45) is 5.92 Å². The molecular formula is C25H27N5O2S. The lowest BCUT2D eigenvalue weighted by molar-refractivity contribution is -0.113. The van der Waals surface area contributed by atoms with E-state index in [4.69, 9.17) is 4.42 Å². The van der Waals surface area contributed by atoms with Gasteiger partial charge in [0.25, 0.3) is 0 Å². The van der Waals surface area contributed by atoms with Crippen LogP contribution in [0.3, 0.4) is 0 Å². The summed E-state index contributed by atoms with van der Waals surface area (Å²) in [6.07, 6.45) is 3.96. The zero-order chi connectivity index (χ0) is 22.6. The second-order valence-corrected chi connectivity index (χ2v) is 9.46. The highest BCUT2D eigenvalue weighted by atomic mass is 32.2. The molecule has 170 valence electrons. The highest BCUT2D eigenvalue weighted by Gasteiger charge is 2.23. The number of rotatable bonds is 7. The smallest absolute Gasteiger partial charge is 0.234 e. The van der Waals surface area contributed by atoms with E-state index in [0.717, 1.165) is 60.0 Å². The molecule has 8 heteroatoms. The Labute approximate surface area is 197 Å². The summed E-state index contributed by atoms with van der Waals surface area (Å²) in [5, 5.41) is 14.9. The number of amides is 1. The Hall–Kier alpha value is -3.26. The molecule has 2 aromatic heterocycles. The third-order valence-electron chi connectivity index (χ3n) is 6.02. The summed E-state index contributed by atoms with van der Waals surface area (Å²) in [5.74, 6) is 2.59. The van der Waals surface area contributed by atoms with Crippen molar-refractivity contribution in [2.45, 2.75) is 31.5 Å². The molecular weight excluding hydrogens is 434 g/mol. The molecule has 1 aliphatic rings. The second kappa shape index (κ2) is 9.70. The predicted molar refractivity (Wildman–Crippen MR) is 132 cm³/mol. The van der Waals surface area contributed by atoms with E-state index in [2.05, 4.69) is 38.0 Å². The van der Waals surface area contributed by atoms with Crippen molar-refractivity contribution in [1.82, 2.24) is 14.8 Å². The minimum Gasteiger partial charge on any atom is -0.467 e. The third-order valence-corrected chi connectivity index (χ3v) is 6.99. The van der Waals surface area contributed by atoms with Crippen molar-refractivity contribution in [3.63, 3.8) is 0 Å². The van der Waals surface area contributed by atoms with Crippen LogP contribution in [0.4, 0.5) is 11.6 Å². The Balaban J connectivity index is 1.29. The molecule has 1 N–H and O–H groups in total. The van der Waals surface area contributed by atoms with E-state index in [1.165, 1.54) is 11.8 Å². The summed E-state index contributed by atoms with van der Waals surface area (Å²) in [6, 6.07) is 17.9. The van der Waals surface area contributed by atoms with Gasteiger partial charge in [-0.15, -0.1) is 10.2 Å². The lowest BCUT2D eigenvalue weighted by Gasteiger charge is -2.31. The van der Waals surface area contributed by atoms with Gasteiger partial charge in [-0.25, -0.2) is 0 Å². The van der Waals surface area contributed by atoms with Crippen molar-refractivity contribution in [3.8, 4) is 0 Å². The number of aromatic nitrogens is 3. The molecule has 0 aliphatic carbocycles. The number of furan rings is 1. The summed E-state index contributed by atoms with van der Waals surface area (Å²) in [6.45, 7) is 4.76. The molecule has 0 bridgehead atoms. The molecule has 7 nitrogen and oxygen atoms in total. The van der Waals surface area contributed by atoms with Crippen molar-refractivity contribution < 1.29 is 9.21 Å². The average molecular weight is 462 g/mol. The molecule has 1 aliphatic heterocycles. The minimum absolute atomic E-state index is 0.0730. The van der Waals surface area contributed by atoms with Crippen molar-refractivity contribution in [3.05, 3.63) is 66.6 Å². The molecule has 4 aromatic rings. The number of carbonyl (C=O) groups is 1. The Morgan fingerprint density at radius 1 is 1.09 bits per heavy atom. The SMILES string of the molecule is CC1CCN(c2nnc(SCC(=O)Nc3ccc4ccccc4c3)n2Cc2ccco2)CC1. The number of fused-ring (bicyclic) bond motifs is 1. The maximum absolute atomic E-state index is 12.7. The number of nitrogens with one attached hydrogen (secondary N) is 1. The number of benzene rings is 2. The zero-order valence-corrected chi connectivity index (χ0v) is 19.4. The molecule has 0 spiro atoms. The number of piperidine rings is 1. The fourth-order valence-corrected chi connectivity index (χ4v) is 4.85. The number of nitrogens with zero attached hydrogens (tertiary/aromatic N) is 4. The van der Waals surface area contributed by atoms with Gasteiger partial charge in [0, 0.05) is 18.8 Å². The largest absolute Gasteiger partial charge is 0.467 e. The molecule has 0 unspecified atom stereocenters. The first-order valence-corrected chi connectivity index (χ1v) is 12.3. The van der Waals surface area contributed by atoms with Crippen LogP contribution in [0.15, 0.2) is 70.4 Å². The summed E-state index contributed by atoms with van der Waals surface area (Å²) < 4.78 is 7.64. The lowest BCUT2D eigenvalue weighted by Crippen LogP contribution is -2.35. The van der Waals surface area contributed by atoms with Crippen LogP contribution in [-0.4, -0.2) is 39.5 Å². The molecule has 0 atom stereocenters. The van der Waals surface area contributed by atoms with Crippen LogP contribution in [0.1, 0.15) is 25.5 Å². The fraction of sp³-hybridized carbons (Fsp3) is 0.320. The predicted octanol–water partition coefficient (Wildman–Crippen LogP) is 5.04. The van der Waals surface area contributed by atoms with Gasteiger partial charge in [0.05, 0.1) is 18.6 Å². The van der Waals surface area contributed by atoms with Crippen LogP contribution in [-0.2, 0) is 11.3 Å². The highest BCUT2D eigenvalue weighted by molar-refractivity contribution is 7.99. The van der Waals surface area contributed by atoms with Crippen molar-refractivity contribution >= 4 is 40.1 Å². The van der Waals surface area contributed by atoms with E-state index in [0.29, 0.717) is 11.7 Å². The van der Waals surface area contributed by atoms with Gasteiger partial charge in [-0.2, -0.15) is 0 Å². The van der Waals surface area contributed by atoms with E-state index >= 15 is 0 Å². The van der Waals surface area contributed by atoms with Gasteiger partial charge >= 0.3 is 0 Å². The first-order valence-electron chi connectivity index (χ1n) is 11.3. The van der Waals surface area contributed by atoms with E-state index in [-0.39, 0.29) is 11.7 Å². The number of anilines is 2. The summed E-state index contributed by atoms with van der Waals surface area (Å²) in [7, 11) is 0. The van der Waals surface area contributed by atoms with Gasteiger partial charge in [0.1, 0.15) is 5.76 Å². The molecule has 1 fully saturated rings. The molecule has 2 aromatic carbocycles. The first kappa shape index (κ1) is 21.6. The number of carbonyl (C=O) groups excluding carboxylic acids is 1. The van der Waals surface area contributed by atoms with Crippen LogP contribution < -0.4 is 10.2 Å². The third kappa shape index (κ3) is 5.06. The van der Waals surface area contributed by atoms with Crippen molar-refractivity contribution in [2.75, 3.05) is 29.1 Å². The summed E-state index contributed by atoms with van der Waals surface area (Å²) in [5.41, 5.74) is 0.791. The van der Waals surface area contributed by atoms with Gasteiger partial charge < -0.3 is 14.6 Å². The van der Waals surface area contributed by atoms with Crippen LogP contribution >= 0.6 is 11.8 Å². The average Bonchev–Trinajstić information content (AvgIpc) is 3.49. The fourth-order valence-electron chi connectivity index (χ4n) is 4.12. The maximum atomic E-state index is 12.7. The molecule has 3 heterocycles. The van der Waals surface area contributed by atoms with Crippen LogP contribution in [0, 0.1) is 5.92 Å². The zero-order valence-electron chi connectivity index (χ0n) is 18.6. The van der Waals surface area contributed by atoms with Gasteiger partial charge in [-0.3, -0.25) is 9.36 Å². The number of hydrogen-bond acceptors (Lipinski definition) is 6. The summed E-state index contributed by atoms with van der Waals surface area (Å²) in [4.78, 5) is 15.0. The van der Waals surface area contributed by atoms with Crippen LogP contribution in [0.2, 0.25) is 0 Å². The summed E-state index contributed by atoms with van der Waals surface area (Å²) >= 11 is 1.39. The Morgan fingerprint density at radius 2 is 1.91 bits per heavy atom. The monoisotopic (exact) mass is 461 g/mol. The van der Waals surface area contributed by atoms with E-state index < -0.39 is 0 Å². The van der Waals surface area contributed by atoms with E-state index in [1.807, 2.05) is 48.5 Å². The quantitative estimate of drug-likeness (QED) is 0.389. The van der Waals surface area contributed by atoms with Crippen LogP contribution in [0.5, 0.6) is 0 Å². The van der Waals surface area contributed by atoms with Gasteiger partial charge in [-0.05, 0) is 53.8 Å². The Morgan fingerprint density at radius 3 is 2.70 bits per heavy atom. The highest BCUT2D eigenvalue weighted by Crippen LogP contribution is 2.27. The first-order chi connectivity index (χ1) is 16.2. The molecule has 0 radical (unpaired) electrons. The van der Waals surface area contributed by atoms with Gasteiger partial charge in [-0.1, -0.05) is 49.0 Å². The molecule has 0 saturated carbocycles.